The van der Waals surface area contributed by atoms with Crippen LogP contribution in [0.25, 0.3) is 6.08 Å². The van der Waals surface area contributed by atoms with Crippen molar-refractivity contribution in [3.8, 4) is 11.5 Å². The van der Waals surface area contributed by atoms with Crippen LogP contribution in [0.3, 0.4) is 0 Å². The number of piperidine rings is 1. The second kappa shape index (κ2) is 12.6. The zero-order valence-corrected chi connectivity index (χ0v) is 24.2. The van der Waals surface area contributed by atoms with Gasteiger partial charge in [-0.2, -0.15) is 0 Å². The maximum Gasteiger partial charge on any atom is 0.573 e. The van der Waals surface area contributed by atoms with Gasteiger partial charge >= 0.3 is 12.3 Å². The molecule has 3 atom stereocenters. The molecular formula is C32H37F3N2O5. The van der Waals surface area contributed by atoms with Gasteiger partial charge in [-0.15, -0.1) is 19.8 Å². The fourth-order valence-corrected chi connectivity index (χ4v) is 6.53. The van der Waals surface area contributed by atoms with Crippen LogP contribution in [0, 0.1) is 0 Å². The molecule has 1 aliphatic carbocycles. The molecule has 226 valence electrons. The molecule has 10 heteroatoms. The molecule has 0 radical (unpaired) electrons. The zero-order valence-electron chi connectivity index (χ0n) is 24.2. The van der Waals surface area contributed by atoms with Crippen LogP contribution in [0.4, 0.5) is 13.2 Å². The predicted molar refractivity (Wildman–Crippen MR) is 153 cm³/mol. The van der Waals surface area contributed by atoms with Gasteiger partial charge in [0, 0.05) is 44.6 Å². The third kappa shape index (κ3) is 6.81. The van der Waals surface area contributed by atoms with Gasteiger partial charge in [0.2, 0.25) is 5.91 Å². The number of hydrogen-bond donors (Lipinski definition) is 0. The molecule has 4 rings (SSSR count). The molecule has 1 amide bonds. The number of halogens is 3. The number of carbonyl (C=O) groups is 2. The number of likely N-dealkylation sites (tertiary alicyclic amines) is 1. The minimum atomic E-state index is -4.80. The van der Waals surface area contributed by atoms with Gasteiger partial charge < -0.3 is 19.1 Å². The fraction of sp³-hybridized carbons (Fsp3) is 0.438. The average molecular weight is 587 g/mol. The van der Waals surface area contributed by atoms with E-state index in [-0.39, 0.29) is 23.7 Å². The number of methoxy groups -OCH3 is 1. The zero-order chi connectivity index (χ0) is 30.5. The van der Waals surface area contributed by atoms with Crippen LogP contribution in [-0.4, -0.2) is 73.5 Å². The lowest BCUT2D eigenvalue weighted by Crippen LogP contribution is -2.68. The van der Waals surface area contributed by atoms with Gasteiger partial charge in [0.05, 0.1) is 7.11 Å². The minimum Gasteiger partial charge on any atom is -0.497 e. The molecule has 1 saturated heterocycles. The first-order valence-corrected chi connectivity index (χ1v) is 13.9. The summed E-state index contributed by atoms with van der Waals surface area (Å²) in [5.41, 5.74) is -0.0147. The molecule has 7 nitrogen and oxygen atoms in total. The Hall–Kier alpha value is -3.79. The van der Waals surface area contributed by atoms with E-state index in [1.807, 2.05) is 30.3 Å². The van der Waals surface area contributed by atoms with Crippen LogP contribution in [0.15, 0.2) is 67.3 Å². The first-order chi connectivity index (χ1) is 19.9. The SMILES string of the molecule is C=CCN1CCC2(c3cccc(OC)c3)CC(N(C)C(=O)/C=C/c3cccc(OC(F)(F)F)c3)CCC2(OC(C)=O)C1. The van der Waals surface area contributed by atoms with Gasteiger partial charge in [-0.3, -0.25) is 14.5 Å². The van der Waals surface area contributed by atoms with Crippen molar-refractivity contribution in [2.24, 2.45) is 0 Å². The van der Waals surface area contributed by atoms with E-state index < -0.39 is 17.4 Å². The van der Waals surface area contributed by atoms with Gasteiger partial charge in [-0.1, -0.05) is 30.3 Å². The molecule has 1 saturated carbocycles. The molecule has 2 aliphatic rings. The molecule has 3 unspecified atom stereocenters. The lowest BCUT2D eigenvalue weighted by Gasteiger charge is -2.60. The third-order valence-corrected chi connectivity index (χ3v) is 8.43. The van der Waals surface area contributed by atoms with Crippen LogP contribution in [0.2, 0.25) is 0 Å². The Balaban J connectivity index is 1.63. The number of nitrogens with zero attached hydrogens (tertiary/aromatic N) is 2. The minimum absolute atomic E-state index is 0.178. The van der Waals surface area contributed by atoms with Crippen LogP contribution in [-0.2, 0) is 19.7 Å². The predicted octanol–water partition coefficient (Wildman–Crippen LogP) is 5.75. The molecule has 0 aromatic heterocycles. The summed E-state index contributed by atoms with van der Waals surface area (Å²) in [6.45, 7) is 7.27. The summed E-state index contributed by atoms with van der Waals surface area (Å²) in [6, 6.07) is 13.1. The van der Waals surface area contributed by atoms with Crippen LogP contribution >= 0.6 is 0 Å². The first-order valence-electron chi connectivity index (χ1n) is 13.9. The number of rotatable bonds is 9. The quantitative estimate of drug-likeness (QED) is 0.212. The Morgan fingerprint density at radius 2 is 1.88 bits per heavy atom. The highest BCUT2D eigenvalue weighted by Crippen LogP contribution is 2.54. The van der Waals surface area contributed by atoms with Crippen molar-refractivity contribution in [3.63, 3.8) is 0 Å². The summed E-state index contributed by atoms with van der Waals surface area (Å²) < 4.78 is 53.7. The van der Waals surface area contributed by atoms with Gasteiger partial charge in [0.25, 0.3) is 0 Å². The van der Waals surface area contributed by atoms with Crippen LogP contribution in [0.1, 0.15) is 43.7 Å². The largest absolute Gasteiger partial charge is 0.573 e. The maximum absolute atomic E-state index is 13.3. The Bertz CT molecular complexity index is 1330. The molecule has 2 aromatic rings. The van der Waals surface area contributed by atoms with Crippen LogP contribution < -0.4 is 9.47 Å². The number of amides is 1. The van der Waals surface area contributed by atoms with Crippen molar-refractivity contribution in [1.29, 1.82) is 0 Å². The van der Waals surface area contributed by atoms with Crippen molar-refractivity contribution in [2.75, 3.05) is 33.8 Å². The summed E-state index contributed by atoms with van der Waals surface area (Å²) in [4.78, 5) is 29.8. The number of likely N-dealkylation sites (N-methyl/N-ethyl adjacent to an activating group) is 1. The highest BCUT2D eigenvalue weighted by Gasteiger charge is 2.61. The van der Waals surface area contributed by atoms with Crippen molar-refractivity contribution < 1.29 is 37.0 Å². The normalized spacial score (nSPS) is 24.5. The van der Waals surface area contributed by atoms with E-state index in [1.165, 1.54) is 37.3 Å². The standard InChI is InChI=1S/C32H37F3N2O5/c1-5-17-37-18-16-30(25-9-7-10-27(20-25)40-4)21-26(14-15-31(30,22-37)41-23(2)38)36(3)29(39)13-12-24-8-6-11-28(19-24)42-32(33,34)35/h5-13,19-20,26H,1,14-18,21-22H2,2-4H3/b13-12+. The molecule has 42 heavy (non-hydrogen) atoms. The summed E-state index contributed by atoms with van der Waals surface area (Å²) in [5.74, 6) is -0.307. The lowest BCUT2D eigenvalue weighted by atomic mass is 9.55. The number of carbonyl (C=O) groups excluding carboxylic acids is 2. The Labute approximate surface area is 244 Å². The van der Waals surface area contributed by atoms with E-state index in [1.54, 1.807) is 25.1 Å². The van der Waals surface area contributed by atoms with E-state index >= 15 is 0 Å². The van der Waals surface area contributed by atoms with E-state index in [0.29, 0.717) is 50.1 Å². The average Bonchev–Trinajstić information content (AvgIpc) is 2.94. The maximum atomic E-state index is 13.3. The molecular weight excluding hydrogens is 549 g/mol. The third-order valence-electron chi connectivity index (χ3n) is 8.43. The van der Waals surface area contributed by atoms with Crippen molar-refractivity contribution in [2.45, 2.75) is 56.0 Å². The van der Waals surface area contributed by atoms with Crippen molar-refractivity contribution in [3.05, 3.63) is 78.4 Å². The Morgan fingerprint density at radius 1 is 1.14 bits per heavy atom. The number of hydrogen-bond acceptors (Lipinski definition) is 6. The monoisotopic (exact) mass is 586 g/mol. The molecule has 1 heterocycles. The van der Waals surface area contributed by atoms with Gasteiger partial charge in [0.1, 0.15) is 17.1 Å². The van der Waals surface area contributed by atoms with E-state index in [9.17, 15) is 22.8 Å². The van der Waals surface area contributed by atoms with Crippen molar-refractivity contribution >= 4 is 18.0 Å². The summed E-state index contributed by atoms with van der Waals surface area (Å²) >= 11 is 0. The van der Waals surface area contributed by atoms with E-state index in [0.717, 1.165) is 12.1 Å². The Kier molecular flexibility index (Phi) is 9.35. The van der Waals surface area contributed by atoms with Gasteiger partial charge in [-0.05, 0) is 73.7 Å². The number of alkyl halides is 3. The second-order valence-electron chi connectivity index (χ2n) is 11.0. The summed E-state index contributed by atoms with van der Waals surface area (Å²) in [5, 5.41) is 0. The Morgan fingerprint density at radius 3 is 2.57 bits per heavy atom. The van der Waals surface area contributed by atoms with E-state index in [4.69, 9.17) is 9.47 Å². The van der Waals surface area contributed by atoms with Crippen LogP contribution in [0.5, 0.6) is 11.5 Å². The van der Waals surface area contributed by atoms with Gasteiger partial charge in [0.15, 0.2) is 0 Å². The topological polar surface area (TPSA) is 68.3 Å². The summed E-state index contributed by atoms with van der Waals surface area (Å²) in [6.07, 6.45) is 2.26. The first kappa shape index (κ1) is 31.2. The smallest absolute Gasteiger partial charge is 0.497 e. The summed E-state index contributed by atoms with van der Waals surface area (Å²) in [7, 11) is 3.33. The number of fused-ring (bicyclic) bond motifs is 1. The highest BCUT2D eigenvalue weighted by molar-refractivity contribution is 5.91. The lowest BCUT2D eigenvalue weighted by molar-refractivity contribution is -0.274. The number of esters is 1. The molecule has 0 bridgehead atoms. The fourth-order valence-electron chi connectivity index (χ4n) is 6.53. The number of benzene rings is 2. The van der Waals surface area contributed by atoms with E-state index in [2.05, 4.69) is 16.2 Å². The van der Waals surface area contributed by atoms with Gasteiger partial charge in [-0.25, -0.2) is 0 Å². The number of ether oxygens (including phenoxy) is 3. The van der Waals surface area contributed by atoms with Crippen molar-refractivity contribution in [1.82, 2.24) is 9.80 Å². The molecule has 2 aromatic carbocycles. The molecule has 0 spiro atoms. The highest BCUT2D eigenvalue weighted by atomic mass is 19.4. The molecule has 0 N–H and O–H groups in total. The molecule has 2 fully saturated rings. The molecule has 1 aliphatic heterocycles. The second-order valence-corrected chi connectivity index (χ2v) is 11.0.